The average molecular weight is 173 g/mol. The van der Waals surface area contributed by atoms with Crippen molar-refractivity contribution in [3.8, 4) is 6.01 Å². The van der Waals surface area contributed by atoms with Crippen molar-refractivity contribution in [1.29, 1.82) is 0 Å². The van der Waals surface area contributed by atoms with Crippen LogP contribution in [0.4, 0.5) is 0 Å². The molecular formula is C3H7N7O2. The molecule has 0 aliphatic rings. The van der Waals surface area contributed by atoms with Gasteiger partial charge in [0, 0.05) is 0 Å². The fourth-order valence-corrected chi connectivity index (χ4v) is 0.560. The van der Waals surface area contributed by atoms with E-state index in [1.165, 1.54) is 6.33 Å². The quantitative estimate of drug-likeness (QED) is 0.464. The third kappa shape index (κ3) is 1.41. The topological polar surface area (TPSA) is 160 Å². The molecule has 0 spiro atoms. The van der Waals surface area contributed by atoms with Gasteiger partial charge in [-0.25, -0.2) is 0 Å². The standard InChI is InChI=1S/C3H2N6O.H3N.H2O/c10-3-7-6-2-5-4-1-9(2)8-3;;/h1H,(H,8,10);1H3;1H2. The van der Waals surface area contributed by atoms with E-state index >= 15 is 0 Å². The normalized spacial score (nSPS) is 8.67. The summed E-state index contributed by atoms with van der Waals surface area (Å²) in [7, 11) is 0. The van der Waals surface area contributed by atoms with E-state index in [4.69, 9.17) is 0 Å². The van der Waals surface area contributed by atoms with Crippen molar-refractivity contribution in [2.24, 2.45) is 0 Å². The SMILES string of the molecule is O.[NH4+].[O-]c1nnc2nncn2n1. The Morgan fingerprint density at radius 1 is 1.25 bits per heavy atom. The van der Waals surface area contributed by atoms with Gasteiger partial charge in [0.05, 0.1) is 0 Å². The number of quaternary nitrogens is 1. The Morgan fingerprint density at radius 3 is 2.75 bits per heavy atom. The zero-order valence-corrected chi connectivity index (χ0v) is 6.17. The summed E-state index contributed by atoms with van der Waals surface area (Å²) in [6.07, 6.45) is 1.28. The van der Waals surface area contributed by atoms with Crippen molar-refractivity contribution in [2.45, 2.75) is 0 Å². The second kappa shape index (κ2) is 3.50. The summed E-state index contributed by atoms with van der Waals surface area (Å²) >= 11 is 0. The smallest absolute Gasteiger partial charge is 0.290 e. The molecule has 0 aliphatic heterocycles. The lowest BCUT2D eigenvalue weighted by molar-refractivity contribution is -0.284. The van der Waals surface area contributed by atoms with Crippen LogP contribution in [0.5, 0.6) is 6.01 Å². The van der Waals surface area contributed by atoms with Crippen molar-refractivity contribution in [2.75, 3.05) is 0 Å². The molecule has 9 nitrogen and oxygen atoms in total. The third-order valence-corrected chi connectivity index (χ3v) is 0.931. The molecule has 2 aromatic heterocycles. The monoisotopic (exact) mass is 173 g/mol. The molecule has 12 heavy (non-hydrogen) atoms. The molecule has 9 heteroatoms. The van der Waals surface area contributed by atoms with Crippen LogP contribution >= 0.6 is 0 Å². The number of fused-ring (bicyclic) bond motifs is 1. The minimum absolute atomic E-state index is 0. The molecule has 0 amide bonds. The molecule has 0 saturated carbocycles. The third-order valence-electron chi connectivity index (χ3n) is 0.931. The van der Waals surface area contributed by atoms with Gasteiger partial charge < -0.3 is 16.7 Å². The van der Waals surface area contributed by atoms with E-state index in [1.807, 2.05) is 0 Å². The summed E-state index contributed by atoms with van der Waals surface area (Å²) in [5.41, 5.74) is 0. The van der Waals surface area contributed by atoms with Gasteiger partial charge in [-0.3, -0.25) is 0 Å². The first-order valence-electron chi connectivity index (χ1n) is 2.44. The van der Waals surface area contributed by atoms with Crippen LogP contribution < -0.4 is 11.3 Å². The maximum atomic E-state index is 10.4. The van der Waals surface area contributed by atoms with Crippen LogP contribution in [0.15, 0.2) is 6.33 Å². The second-order valence-corrected chi connectivity index (χ2v) is 1.56. The summed E-state index contributed by atoms with van der Waals surface area (Å²) in [4.78, 5) is 0. The summed E-state index contributed by atoms with van der Waals surface area (Å²) in [5.74, 6) is 0.222. The van der Waals surface area contributed by atoms with E-state index in [2.05, 4.69) is 25.5 Å². The molecule has 2 heterocycles. The number of hydrogen-bond donors (Lipinski definition) is 1. The fourth-order valence-electron chi connectivity index (χ4n) is 0.560. The molecular weight excluding hydrogens is 166 g/mol. The molecule has 0 aliphatic carbocycles. The molecule has 0 radical (unpaired) electrons. The largest absolute Gasteiger partial charge is 0.842 e. The molecule has 2 aromatic rings. The van der Waals surface area contributed by atoms with Crippen molar-refractivity contribution in [3.63, 3.8) is 0 Å². The van der Waals surface area contributed by atoms with Gasteiger partial charge in [-0.05, 0) is 0 Å². The molecule has 0 fully saturated rings. The van der Waals surface area contributed by atoms with Crippen LogP contribution in [-0.4, -0.2) is 35.5 Å². The van der Waals surface area contributed by atoms with Gasteiger partial charge in [0.15, 0.2) is 0 Å². The summed E-state index contributed by atoms with van der Waals surface area (Å²) < 4.78 is 1.16. The highest BCUT2D eigenvalue weighted by molar-refractivity contribution is 5.18. The molecule has 66 valence electrons. The van der Waals surface area contributed by atoms with Crippen molar-refractivity contribution >= 4 is 5.78 Å². The highest BCUT2D eigenvalue weighted by Gasteiger charge is 1.93. The number of aromatic nitrogens is 6. The van der Waals surface area contributed by atoms with Gasteiger partial charge in [0.25, 0.3) is 5.78 Å². The van der Waals surface area contributed by atoms with E-state index in [1.54, 1.807) is 0 Å². The van der Waals surface area contributed by atoms with Gasteiger partial charge in [-0.15, -0.1) is 20.4 Å². The van der Waals surface area contributed by atoms with E-state index in [9.17, 15) is 5.11 Å². The zero-order chi connectivity index (χ0) is 6.97. The highest BCUT2D eigenvalue weighted by Crippen LogP contribution is 1.89. The Kier molecular flexibility index (Phi) is 2.95. The van der Waals surface area contributed by atoms with Crippen molar-refractivity contribution in [3.05, 3.63) is 6.33 Å². The molecule has 0 aromatic carbocycles. The Bertz CT molecular complexity index is 358. The van der Waals surface area contributed by atoms with E-state index in [0.29, 0.717) is 0 Å². The summed E-state index contributed by atoms with van der Waals surface area (Å²) in [5, 5.41) is 27.3. The van der Waals surface area contributed by atoms with E-state index in [0.717, 1.165) is 4.52 Å². The van der Waals surface area contributed by atoms with Crippen LogP contribution in [-0.2, 0) is 0 Å². The highest BCUT2D eigenvalue weighted by atomic mass is 16.3. The Hall–Kier alpha value is -1.87. The first-order valence-corrected chi connectivity index (χ1v) is 2.44. The number of nitrogens with zero attached hydrogens (tertiary/aromatic N) is 6. The minimum Gasteiger partial charge on any atom is -0.842 e. The molecule has 6 N–H and O–H groups in total. The van der Waals surface area contributed by atoms with Gasteiger partial charge in [-0.2, -0.15) is 9.61 Å². The van der Waals surface area contributed by atoms with Gasteiger partial charge in [-0.1, -0.05) is 0 Å². The Labute approximate surface area is 66.0 Å². The molecule has 0 saturated heterocycles. The molecule has 0 atom stereocenters. The van der Waals surface area contributed by atoms with Crippen LogP contribution in [0.25, 0.3) is 5.78 Å². The number of rotatable bonds is 0. The Balaban J connectivity index is 0.000000605. The van der Waals surface area contributed by atoms with E-state index < -0.39 is 6.01 Å². The van der Waals surface area contributed by atoms with Crippen LogP contribution in [0.1, 0.15) is 0 Å². The maximum Gasteiger partial charge on any atom is 0.290 e. The van der Waals surface area contributed by atoms with Crippen LogP contribution in [0, 0.1) is 0 Å². The first kappa shape index (κ1) is 10.1. The van der Waals surface area contributed by atoms with Crippen molar-refractivity contribution < 1.29 is 10.6 Å². The maximum absolute atomic E-state index is 10.4. The Morgan fingerprint density at radius 2 is 2.00 bits per heavy atom. The van der Waals surface area contributed by atoms with Crippen molar-refractivity contribution in [1.82, 2.24) is 36.2 Å². The zero-order valence-electron chi connectivity index (χ0n) is 6.17. The predicted molar refractivity (Wildman–Crippen MR) is 35.4 cm³/mol. The first-order chi connectivity index (χ1) is 4.86. The van der Waals surface area contributed by atoms with Crippen LogP contribution in [0.3, 0.4) is 0 Å². The van der Waals surface area contributed by atoms with Gasteiger partial charge >= 0.3 is 0 Å². The van der Waals surface area contributed by atoms with Gasteiger partial charge in [0.1, 0.15) is 12.3 Å². The summed E-state index contributed by atoms with van der Waals surface area (Å²) in [6, 6.07) is -0.646. The molecule has 0 bridgehead atoms. The predicted octanol–water partition coefficient (Wildman–Crippen LogP) is -2.46. The molecule has 0 unspecified atom stereocenters. The molecule has 2 rings (SSSR count). The fraction of sp³-hybridized carbons (Fsp3) is 0. The lowest BCUT2D eigenvalue weighted by Crippen LogP contribution is -2.04. The minimum atomic E-state index is -0.646. The average Bonchev–Trinajstić information content (AvgIpc) is 2.33. The second-order valence-electron chi connectivity index (χ2n) is 1.56. The summed E-state index contributed by atoms with van der Waals surface area (Å²) in [6.45, 7) is 0. The van der Waals surface area contributed by atoms with E-state index in [-0.39, 0.29) is 17.4 Å². The van der Waals surface area contributed by atoms with Crippen LogP contribution in [0.2, 0.25) is 0 Å². The lowest BCUT2D eigenvalue weighted by Gasteiger charge is -1.97. The lowest BCUT2D eigenvalue weighted by atomic mass is 11.1. The number of hydrogen-bond acceptors (Lipinski definition) is 6. The van der Waals surface area contributed by atoms with Gasteiger partial charge in [0.2, 0.25) is 0 Å².